The highest BCUT2D eigenvalue weighted by Crippen LogP contribution is 2.37. The molecular formula is C31H35ClN4O6. The largest absolute Gasteiger partial charge is 0.444 e. The number of benzene rings is 2. The molecule has 0 saturated carbocycles. The van der Waals surface area contributed by atoms with Crippen LogP contribution in [0.15, 0.2) is 36.4 Å². The van der Waals surface area contributed by atoms with Crippen LogP contribution >= 0.6 is 11.6 Å². The van der Waals surface area contributed by atoms with Crippen LogP contribution < -0.4 is 5.32 Å². The van der Waals surface area contributed by atoms with Gasteiger partial charge in [-0.05, 0) is 65.8 Å². The number of ether oxygens (including phenoxy) is 2. The van der Waals surface area contributed by atoms with Gasteiger partial charge in [-0.3, -0.25) is 9.59 Å². The molecule has 1 aromatic heterocycles. The van der Waals surface area contributed by atoms with E-state index in [1.165, 1.54) is 4.57 Å². The van der Waals surface area contributed by atoms with Gasteiger partial charge in [0, 0.05) is 59.8 Å². The van der Waals surface area contributed by atoms with Crippen molar-refractivity contribution in [2.45, 2.75) is 59.3 Å². The molecule has 3 aromatic rings. The van der Waals surface area contributed by atoms with E-state index < -0.39 is 23.4 Å². The number of fused-ring (bicyclic) bond motifs is 2. The SMILES string of the molecule is CC(C)(C)OC(=O)N1CCN(C(=O)c2ccc3cc(-c4ccc(Cl)c5c4C(=O)NC5)n(C(=O)OC(C)(C)C)c3c2)CC1. The van der Waals surface area contributed by atoms with Gasteiger partial charge in [0.25, 0.3) is 11.8 Å². The third-order valence-corrected chi connectivity index (χ3v) is 7.38. The zero-order chi connectivity index (χ0) is 30.6. The predicted octanol–water partition coefficient (Wildman–Crippen LogP) is 5.68. The first kappa shape index (κ1) is 29.4. The minimum atomic E-state index is -0.786. The van der Waals surface area contributed by atoms with Gasteiger partial charge in [-0.1, -0.05) is 23.7 Å². The molecule has 0 radical (unpaired) electrons. The van der Waals surface area contributed by atoms with Crippen molar-refractivity contribution in [3.63, 3.8) is 0 Å². The number of piperazine rings is 1. The molecule has 5 rings (SSSR count). The molecule has 2 aliphatic rings. The first-order valence-corrected chi connectivity index (χ1v) is 14.3. The Bertz CT molecular complexity index is 1610. The Hall–Kier alpha value is -4.05. The lowest BCUT2D eigenvalue weighted by Gasteiger charge is -2.35. The van der Waals surface area contributed by atoms with Gasteiger partial charge in [-0.2, -0.15) is 0 Å². The highest BCUT2D eigenvalue weighted by molar-refractivity contribution is 6.32. The molecule has 3 amide bonds. The maximum atomic E-state index is 13.6. The summed E-state index contributed by atoms with van der Waals surface area (Å²) in [5.41, 5.74) is 1.55. The van der Waals surface area contributed by atoms with Crippen molar-refractivity contribution in [3.8, 4) is 11.3 Å². The quantitative estimate of drug-likeness (QED) is 0.409. The molecule has 1 saturated heterocycles. The highest BCUT2D eigenvalue weighted by atomic mass is 35.5. The summed E-state index contributed by atoms with van der Waals surface area (Å²) in [4.78, 5) is 55.7. The summed E-state index contributed by atoms with van der Waals surface area (Å²) in [6.07, 6.45) is -1.04. The fourth-order valence-electron chi connectivity index (χ4n) is 5.16. The van der Waals surface area contributed by atoms with E-state index in [9.17, 15) is 19.2 Å². The Labute approximate surface area is 249 Å². The Kier molecular flexibility index (Phi) is 7.47. The Morgan fingerprint density at radius 3 is 2.10 bits per heavy atom. The Balaban J connectivity index is 1.50. The number of rotatable bonds is 2. The molecule has 3 heterocycles. The molecule has 0 bridgehead atoms. The normalized spacial score (nSPS) is 15.5. The summed E-state index contributed by atoms with van der Waals surface area (Å²) in [5.74, 6) is -0.490. The van der Waals surface area contributed by atoms with Crippen LogP contribution in [0.3, 0.4) is 0 Å². The number of aromatic nitrogens is 1. The van der Waals surface area contributed by atoms with Gasteiger partial charge in [0.2, 0.25) is 0 Å². The first-order chi connectivity index (χ1) is 19.6. The molecule has 0 atom stereocenters. The van der Waals surface area contributed by atoms with Crippen LogP contribution in [0.25, 0.3) is 22.2 Å². The fraction of sp³-hybridized carbons (Fsp3) is 0.419. The summed E-state index contributed by atoms with van der Waals surface area (Å²) in [6.45, 7) is 12.5. The van der Waals surface area contributed by atoms with Gasteiger partial charge in [0.05, 0.1) is 16.8 Å². The van der Waals surface area contributed by atoms with Crippen LogP contribution in [0.4, 0.5) is 9.59 Å². The second kappa shape index (κ2) is 10.7. The zero-order valence-corrected chi connectivity index (χ0v) is 25.4. The minimum Gasteiger partial charge on any atom is -0.444 e. The molecule has 2 aromatic carbocycles. The molecule has 11 heteroatoms. The smallest absolute Gasteiger partial charge is 0.419 e. The first-order valence-electron chi connectivity index (χ1n) is 13.9. The molecule has 222 valence electrons. The third kappa shape index (κ3) is 5.81. The molecule has 1 N–H and O–H groups in total. The molecule has 42 heavy (non-hydrogen) atoms. The third-order valence-electron chi connectivity index (χ3n) is 7.03. The van der Waals surface area contributed by atoms with Crippen LogP contribution in [-0.2, 0) is 16.0 Å². The van der Waals surface area contributed by atoms with Crippen LogP contribution in [0.1, 0.15) is 67.8 Å². The number of amides is 3. The van der Waals surface area contributed by atoms with E-state index in [-0.39, 0.29) is 11.8 Å². The Morgan fingerprint density at radius 2 is 1.45 bits per heavy atom. The van der Waals surface area contributed by atoms with Crippen molar-refractivity contribution in [1.82, 2.24) is 19.7 Å². The fourth-order valence-corrected chi connectivity index (χ4v) is 5.39. The monoisotopic (exact) mass is 594 g/mol. The van der Waals surface area contributed by atoms with E-state index in [4.69, 9.17) is 21.1 Å². The van der Waals surface area contributed by atoms with Gasteiger partial charge >= 0.3 is 12.2 Å². The zero-order valence-electron chi connectivity index (χ0n) is 24.7. The molecule has 0 aliphatic carbocycles. The molecule has 1 fully saturated rings. The van der Waals surface area contributed by atoms with E-state index in [0.29, 0.717) is 76.6 Å². The summed E-state index contributed by atoms with van der Waals surface area (Å²) in [6, 6.07) is 10.4. The lowest BCUT2D eigenvalue weighted by Crippen LogP contribution is -2.51. The van der Waals surface area contributed by atoms with E-state index in [2.05, 4.69) is 5.32 Å². The molecule has 0 unspecified atom stereocenters. The number of nitrogens with one attached hydrogen (secondary N) is 1. The van der Waals surface area contributed by atoms with E-state index >= 15 is 0 Å². The maximum Gasteiger partial charge on any atom is 0.419 e. The van der Waals surface area contributed by atoms with E-state index in [0.717, 1.165) is 0 Å². The van der Waals surface area contributed by atoms with Crippen LogP contribution in [0, 0.1) is 0 Å². The number of carbonyl (C=O) groups is 4. The topological polar surface area (TPSA) is 110 Å². The Morgan fingerprint density at radius 1 is 0.833 bits per heavy atom. The van der Waals surface area contributed by atoms with Crippen LogP contribution in [-0.4, -0.2) is 75.7 Å². The second-order valence-corrected chi connectivity index (χ2v) is 12.9. The number of nitrogens with zero attached hydrogens (tertiary/aromatic N) is 3. The summed E-state index contributed by atoms with van der Waals surface area (Å²) >= 11 is 6.39. The standard InChI is InChI=1S/C31H35ClN4O6/c1-30(2,3)41-28(39)35-13-11-34(12-14-35)27(38)19-8-7-18-15-24(36(23(18)16-19)29(40)42-31(4,5)6)20-9-10-22(32)21-17-33-26(37)25(20)21/h7-10,15-16H,11-14,17H2,1-6H3,(H,33,37). The van der Waals surface area contributed by atoms with Crippen molar-refractivity contribution in [2.75, 3.05) is 26.2 Å². The lowest BCUT2D eigenvalue weighted by atomic mass is 10.00. The maximum absolute atomic E-state index is 13.6. The van der Waals surface area contributed by atoms with Crippen LogP contribution in [0.5, 0.6) is 0 Å². The molecule has 0 spiro atoms. The number of carbonyl (C=O) groups excluding carboxylic acids is 4. The van der Waals surface area contributed by atoms with Gasteiger partial charge in [0.1, 0.15) is 11.2 Å². The van der Waals surface area contributed by atoms with Crippen molar-refractivity contribution < 1.29 is 28.7 Å². The second-order valence-electron chi connectivity index (χ2n) is 12.5. The van der Waals surface area contributed by atoms with Crippen molar-refractivity contribution in [3.05, 3.63) is 58.1 Å². The molecular weight excluding hydrogens is 560 g/mol. The van der Waals surface area contributed by atoms with Crippen molar-refractivity contribution in [1.29, 1.82) is 0 Å². The summed E-state index contributed by atoms with van der Waals surface area (Å²) in [7, 11) is 0. The van der Waals surface area contributed by atoms with Gasteiger partial charge in [-0.15, -0.1) is 0 Å². The average Bonchev–Trinajstić information content (AvgIpc) is 3.48. The van der Waals surface area contributed by atoms with E-state index in [1.54, 1.807) is 60.9 Å². The molecule has 10 nitrogen and oxygen atoms in total. The number of halogens is 1. The van der Waals surface area contributed by atoms with Gasteiger partial charge in [0.15, 0.2) is 0 Å². The minimum absolute atomic E-state index is 0.217. The highest BCUT2D eigenvalue weighted by Gasteiger charge is 2.31. The summed E-state index contributed by atoms with van der Waals surface area (Å²) < 4.78 is 12.6. The molecule has 2 aliphatic heterocycles. The van der Waals surface area contributed by atoms with Gasteiger partial charge in [-0.25, -0.2) is 14.2 Å². The predicted molar refractivity (Wildman–Crippen MR) is 159 cm³/mol. The van der Waals surface area contributed by atoms with Crippen molar-refractivity contribution in [2.24, 2.45) is 0 Å². The number of hydrogen-bond acceptors (Lipinski definition) is 6. The van der Waals surface area contributed by atoms with Crippen molar-refractivity contribution >= 4 is 46.5 Å². The average molecular weight is 595 g/mol. The van der Waals surface area contributed by atoms with Gasteiger partial charge < -0.3 is 24.6 Å². The summed E-state index contributed by atoms with van der Waals surface area (Å²) in [5, 5.41) is 3.97. The number of hydrogen-bond donors (Lipinski definition) is 1. The van der Waals surface area contributed by atoms with E-state index in [1.807, 2.05) is 26.8 Å². The van der Waals surface area contributed by atoms with Crippen LogP contribution in [0.2, 0.25) is 5.02 Å². The lowest BCUT2D eigenvalue weighted by molar-refractivity contribution is 0.0141.